The lowest BCUT2D eigenvalue weighted by molar-refractivity contribution is -0.155. The molecule has 0 saturated heterocycles. The first-order chi connectivity index (χ1) is 8.98. The van der Waals surface area contributed by atoms with E-state index in [0.717, 1.165) is 6.42 Å². The zero-order valence-corrected chi connectivity index (χ0v) is 13.4. The van der Waals surface area contributed by atoms with E-state index in [-0.39, 0.29) is 11.8 Å². The second-order valence-corrected chi connectivity index (χ2v) is 7.23. The molecule has 0 aromatic rings. The molecule has 1 amide bonds. The Bertz CT molecular complexity index is 376. The molecule has 0 radical (unpaired) electrons. The van der Waals surface area contributed by atoms with Gasteiger partial charge in [0.2, 0.25) is 0 Å². The molecule has 1 N–H and O–H groups in total. The molecule has 0 heterocycles. The third-order valence-electron chi connectivity index (χ3n) is 3.88. The molecule has 1 rings (SSSR count). The predicted molar refractivity (Wildman–Crippen MR) is 76.5 cm³/mol. The largest absolute Gasteiger partial charge is 0.479 e. The van der Waals surface area contributed by atoms with E-state index in [1.54, 1.807) is 20.8 Å². The minimum Gasteiger partial charge on any atom is -0.479 e. The Balaban J connectivity index is 3.01. The van der Waals surface area contributed by atoms with Crippen LogP contribution in [0.25, 0.3) is 0 Å². The monoisotopic (exact) mass is 285 g/mol. The van der Waals surface area contributed by atoms with Crippen molar-refractivity contribution in [2.45, 2.75) is 65.0 Å². The molecule has 0 aromatic carbocycles. The smallest absolute Gasteiger partial charge is 0.410 e. The molecular formula is C15H27NO4. The Kier molecular flexibility index (Phi) is 4.72. The van der Waals surface area contributed by atoms with Crippen LogP contribution in [0.1, 0.15) is 53.9 Å². The zero-order valence-electron chi connectivity index (χ0n) is 13.4. The van der Waals surface area contributed by atoms with E-state index in [0.29, 0.717) is 12.8 Å². The molecule has 5 nitrogen and oxygen atoms in total. The topological polar surface area (TPSA) is 66.8 Å². The lowest BCUT2D eigenvalue weighted by Gasteiger charge is -2.45. The average Bonchev–Trinajstić information content (AvgIpc) is 2.23. The van der Waals surface area contributed by atoms with Crippen molar-refractivity contribution in [1.82, 2.24) is 4.90 Å². The van der Waals surface area contributed by atoms with Crippen LogP contribution in [0.3, 0.4) is 0 Å². The summed E-state index contributed by atoms with van der Waals surface area (Å²) in [5.74, 6) is -0.385. The minimum absolute atomic E-state index is 0.278. The van der Waals surface area contributed by atoms with Crippen molar-refractivity contribution < 1.29 is 19.4 Å². The molecule has 116 valence electrons. The van der Waals surface area contributed by atoms with Gasteiger partial charge >= 0.3 is 12.1 Å². The fourth-order valence-electron chi connectivity index (χ4n) is 3.19. The highest BCUT2D eigenvalue weighted by molar-refractivity contribution is 5.84. The van der Waals surface area contributed by atoms with Crippen LogP contribution in [0.2, 0.25) is 0 Å². The van der Waals surface area contributed by atoms with Crippen LogP contribution in [0.15, 0.2) is 0 Å². The van der Waals surface area contributed by atoms with E-state index < -0.39 is 23.2 Å². The molecular weight excluding hydrogens is 258 g/mol. The molecule has 1 saturated carbocycles. The number of hydrogen-bond acceptors (Lipinski definition) is 3. The van der Waals surface area contributed by atoms with Gasteiger partial charge in [0.05, 0.1) is 0 Å². The van der Waals surface area contributed by atoms with Crippen LogP contribution < -0.4 is 0 Å². The fourth-order valence-corrected chi connectivity index (χ4v) is 3.19. The van der Waals surface area contributed by atoms with Crippen molar-refractivity contribution in [3.63, 3.8) is 0 Å². The average molecular weight is 285 g/mol. The van der Waals surface area contributed by atoms with Crippen molar-refractivity contribution in [2.75, 3.05) is 7.05 Å². The summed E-state index contributed by atoms with van der Waals surface area (Å²) in [5.41, 5.74) is -1.78. The Morgan fingerprint density at radius 1 is 1.20 bits per heavy atom. The number of carboxylic acids is 1. The third-order valence-corrected chi connectivity index (χ3v) is 3.88. The van der Waals surface area contributed by atoms with Gasteiger partial charge in [-0.05, 0) is 51.9 Å². The molecule has 0 aliphatic heterocycles. The number of amides is 1. The maximum Gasteiger partial charge on any atom is 0.410 e. The van der Waals surface area contributed by atoms with Gasteiger partial charge in [0.1, 0.15) is 11.1 Å². The Hall–Kier alpha value is -1.26. The first kappa shape index (κ1) is 16.8. The van der Waals surface area contributed by atoms with Gasteiger partial charge in [-0.15, -0.1) is 0 Å². The maximum absolute atomic E-state index is 12.2. The highest BCUT2D eigenvalue weighted by Crippen LogP contribution is 2.40. The molecule has 0 bridgehead atoms. The second-order valence-electron chi connectivity index (χ2n) is 7.23. The Morgan fingerprint density at radius 3 is 2.00 bits per heavy atom. The lowest BCUT2D eigenvalue weighted by Crippen LogP contribution is -2.59. The molecule has 2 atom stereocenters. The van der Waals surface area contributed by atoms with Crippen molar-refractivity contribution in [3.8, 4) is 0 Å². The van der Waals surface area contributed by atoms with Gasteiger partial charge in [0.15, 0.2) is 0 Å². The van der Waals surface area contributed by atoms with Crippen molar-refractivity contribution in [2.24, 2.45) is 11.8 Å². The predicted octanol–water partition coefficient (Wildman–Crippen LogP) is 3.13. The molecule has 1 aliphatic carbocycles. The SMILES string of the molecule is CC1CC(C)CC(C(=O)O)(N(C)C(=O)OC(C)(C)C)C1. The number of rotatable bonds is 2. The van der Waals surface area contributed by atoms with Gasteiger partial charge in [-0.25, -0.2) is 9.59 Å². The molecule has 2 unspecified atom stereocenters. The normalized spacial score (nSPS) is 30.7. The second kappa shape index (κ2) is 5.62. The van der Waals surface area contributed by atoms with Gasteiger partial charge in [0, 0.05) is 7.05 Å². The summed E-state index contributed by atoms with van der Waals surface area (Å²) in [7, 11) is 1.53. The number of hydrogen-bond donors (Lipinski definition) is 1. The van der Waals surface area contributed by atoms with Crippen LogP contribution in [-0.2, 0) is 9.53 Å². The van der Waals surface area contributed by atoms with Gasteiger partial charge in [-0.1, -0.05) is 13.8 Å². The van der Waals surface area contributed by atoms with E-state index in [2.05, 4.69) is 0 Å². The highest BCUT2D eigenvalue weighted by Gasteiger charge is 2.50. The van der Waals surface area contributed by atoms with Gasteiger partial charge in [0.25, 0.3) is 0 Å². The van der Waals surface area contributed by atoms with Gasteiger partial charge < -0.3 is 9.84 Å². The number of ether oxygens (including phenoxy) is 1. The van der Waals surface area contributed by atoms with Crippen molar-refractivity contribution in [1.29, 1.82) is 0 Å². The number of carbonyl (C=O) groups excluding carboxylic acids is 1. The Morgan fingerprint density at radius 2 is 1.65 bits per heavy atom. The summed E-state index contributed by atoms with van der Waals surface area (Å²) in [6.45, 7) is 9.40. The first-order valence-electron chi connectivity index (χ1n) is 7.18. The van der Waals surface area contributed by atoms with E-state index in [9.17, 15) is 14.7 Å². The fraction of sp³-hybridized carbons (Fsp3) is 0.867. The van der Waals surface area contributed by atoms with Crippen LogP contribution in [0.5, 0.6) is 0 Å². The lowest BCUT2D eigenvalue weighted by atomic mass is 9.71. The summed E-state index contributed by atoms with van der Waals surface area (Å²) in [6, 6.07) is 0. The highest BCUT2D eigenvalue weighted by atomic mass is 16.6. The molecule has 1 aliphatic rings. The summed E-state index contributed by atoms with van der Waals surface area (Å²) in [6.07, 6.45) is 1.38. The van der Waals surface area contributed by atoms with E-state index in [1.807, 2.05) is 13.8 Å². The molecule has 5 heteroatoms. The maximum atomic E-state index is 12.2. The summed E-state index contributed by atoms with van der Waals surface area (Å²) in [5, 5.41) is 9.69. The first-order valence-corrected chi connectivity index (χ1v) is 7.18. The summed E-state index contributed by atoms with van der Waals surface area (Å²) in [4.78, 5) is 25.3. The minimum atomic E-state index is -1.15. The van der Waals surface area contributed by atoms with Crippen molar-refractivity contribution in [3.05, 3.63) is 0 Å². The van der Waals surface area contributed by atoms with E-state index in [4.69, 9.17) is 4.74 Å². The number of likely N-dealkylation sites (N-methyl/N-ethyl adjacent to an activating group) is 1. The number of aliphatic carboxylic acids is 1. The summed E-state index contributed by atoms with van der Waals surface area (Å²) >= 11 is 0. The van der Waals surface area contributed by atoms with Crippen molar-refractivity contribution >= 4 is 12.1 Å². The van der Waals surface area contributed by atoms with Crippen LogP contribution >= 0.6 is 0 Å². The van der Waals surface area contributed by atoms with Crippen LogP contribution in [0.4, 0.5) is 4.79 Å². The Labute approximate surface area is 121 Å². The molecule has 0 spiro atoms. The molecule has 0 aromatic heterocycles. The quantitative estimate of drug-likeness (QED) is 0.846. The number of carbonyl (C=O) groups is 2. The van der Waals surface area contributed by atoms with Gasteiger partial charge in [-0.2, -0.15) is 0 Å². The van der Waals surface area contributed by atoms with E-state index in [1.165, 1.54) is 11.9 Å². The van der Waals surface area contributed by atoms with Crippen LogP contribution in [0, 0.1) is 11.8 Å². The number of nitrogens with zero attached hydrogens (tertiary/aromatic N) is 1. The standard InChI is InChI=1S/C15H27NO4/c1-10-7-11(2)9-15(8-10,12(17)18)16(6)13(19)20-14(3,4)5/h10-11H,7-9H2,1-6H3,(H,17,18). The number of carboxylic acid groups (broad SMARTS) is 1. The molecule has 1 fully saturated rings. The van der Waals surface area contributed by atoms with Crippen LogP contribution in [-0.4, -0.2) is 40.3 Å². The summed E-state index contributed by atoms with van der Waals surface area (Å²) < 4.78 is 5.32. The molecule has 20 heavy (non-hydrogen) atoms. The van der Waals surface area contributed by atoms with E-state index >= 15 is 0 Å². The van der Waals surface area contributed by atoms with Gasteiger partial charge in [-0.3, -0.25) is 4.90 Å². The third kappa shape index (κ3) is 3.64. The zero-order chi connectivity index (χ0) is 15.7.